The molecule has 1 unspecified atom stereocenters. The standard InChI is InChI=1S/C17H18FN3OS/c1-2-21-8-7-12-13(9-21)23-17-14(12)16(22)19-15(20-17)10-3-5-11(18)6-4-10/h3-6,15,20H,2,7-9H2,1H3,(H,19,22). The lowest BCUT2D eigenvalue weighted by Gasteiger charge is -2.28. The van der Waals surface area contributed by atoms with Crippen LogP contribution in [0.2, 0.25) is 0 Å². The van der Waals surface area contributed by atoms with Gasteiger partial charge in [-0.2, -0.15) is 0 Å². The zero-order valence-electron chi connectivity index (χ0n) is 12.9. The van der Waals surface area contributed by atoms with E-state index in [2.05, 4.69) is 22.5 Å². The van der Waals surface area contributed by atoms with Gasteiger partial charge in [-0.1, -0.05) is 19.1 Å². The Morgan fingerprint density at radius 2 is 2.09 bits per heavy atom. The number of carbonyl (C=O) groups is 1. The van der Waals surface area contributed by atoms with Crippen LogP contribution in [0.1, 0.15) is 39.5 Å². The van der Waals surface area contributed by atoms with E-state index < -0.39 is 0 Å². The van der Waals surface area contributed by atoms with Crippen LogP contribution < -0.4 is 10.6 Å². The van der Waals surface area contributed by atoms with Gasteiger partial charge < -0.3 is 10.6 Å². The summed E-state index contributed by atoms with van der Waals surface area (Å²) in [6, 6.07) is 6.23. The number of rotatable bonds is 2. The summed E-state index contributed by atoms with van der Waals surface area (Å²) in [5.41, 5.74) is 2.85. The van der Waals surface area contributed by atoms with Crippen LogP contribution in [0.25, 0.3) is 0 Å². The van der Waals surface area contributed by atoms with Crippen molar-refractivity contribution in [3.63, 3.8) is 0 Å². The Morgan fingerprint density at radius 3 is 2.83 bits per heavy atom. The normalized spacial score (nSPS) is 20.4. The number of nitrogens with one attached hydrogen (secondary N) is 2. The number of carbonyl (C=O) groups excluding carboxylic acids is 1. The fraction of sp³-hybridized carbons (Fsp3) is 0.353. The van der Waals surface area contributed by atoms with Crippen molar-refractivity contribution in [3.05, 3.63) is 51.7 Å². The van der Waals surface area contributed by atoms with Crippen LogP contribution in [0.15, 0.2) is 24.3 Å². The van der Waals surface area contributed by atoms with Crippen LogP contribution >= 0.6 is 11.3 Å². The molecular weight excluding hydrogens is 313 g/mol. The largest absolute Gasteiger partial charge is 0.353 e. The third-order valence-corrected chi connectivity index (χ3v) is 5.71. The zero-order chi connectivity index (χ0) is 16.0. The molecule has 2 N–H and O–H groups in total. The molecule has 0 aliphatic carbocycles. The van der Waals surface area contributed by atoms with E-state index in [4.69, 9.17) is 0 Å². The summed E-state index contributed by atoms with van der Waals surface area (Å²) in [6.07, 6.45) is 0.615. The highest BCUT2D eigenvalue weighted by atomic mass is 32.1. The van der Waals surface area contributed by atoms with Gasteiger partial charge in [0.25, 0.3) is 5.91 Å². The third kappa shape index (κ3) is 2.52. The van der Waals surface area contributed by atoms with Gasteiger partial charge in [0.1, 0.15) is 17.0 Å². The smallest absolute Gasteiger partial charge is 0.256 e. The highest BCUT2D eigenvalue weighted by Crippen LogP contribution is 2.40. The lowest BCUT2D eigenvalue weighted by Crippen LogP contribution is -2.38. The van der Waals surface area contributed by atoms with Gasteiger partial charge in [0, 0.05) is 18.0 Å². The zero-order valence-corrected chi connectivity index (χ0v) is 13.7. The Morgan fingerprint density at radius 1 is 1.30 bits per heavy atom. The fourth-order valence-electron chi connectivity index (χ4n) is 3.26. The molecule has 0 spiro atoms. The summed E-state index contributed by atoms with van der Waals surface area (Å²) in [5.74, 6) is -0.307. The van der Waals surface area contributed by atoms with Crippen molar-refractivity contribution < 1.29 is 9.18 Å². The van der Waals surface area contributed by atoms with Crippen molar-refractivity contribution in [3.8, 4) is 0 Å². The summed E-state index contributed by atoms with van der Waals surface area (Å²) in [4.78, 5) is 16.3. The van der Waals surface area contributed by atoms with E-state index in [1.54, 1.807) is 23.5 Å². The number of thiophene rings is 1. The fourth-order valence-corrected chi connectivity index (χ4v) is 4.58. The van der Waals surface area contributed by atoms with Gasteiger partial charge in [-0.25, -0.2) is 4.39 Å². The molecule has 2 aliphatic rings. The van der Waals surface area contributed by atoms with E-state index in [1.165, 1.54) is 22.6 Å². The molecule has 120 valence electrons. The molecule has 1 aromatic carbocycles. The van der Waals surface area contributed by atoms with Gasteiger partial charge in [-0.05, 0) is 36.2 Å². The quantitative estimate of drug-likeness (QED) is 0.889. The first kappa shape index (κ1) is 14.7. The highest BCUT2D eigenvalue weighted by Gasteiger charge is 2.33. The maximum atomic E-state index is 13.1. The molecule has 0 bridgehead atoms. The summed E-state index contributed by atoms with van der Waals surface area (Å²) in [6.45, 7) is 5.11. The number of likely N-dealkylation sites (N-methyl/N-ethyl adjacent to an activating group) is 1. The average molecular weight is 331 g/mol. The molecule has 1 atom stereocenters. The second-order valence-corrected chi connectivity index (χ2v) is 7.03. The van der Waals surface area contributed by atoms with Crippen molar-refractivity contribution in [1.29, 1.82) is 0 Å². The van der Waals surface area contributed by atoms with Crippen LogP contribution in [-0.2, 0) is 13.0 Å². The van der Waals surface area contributed by atoms with Crippen LogP contribution in [0.5, 0.6) is 0 Å². The van der Waals surface area contributed by atoms with E-state index in [-0.39, 0.29) is 17.9 Å². The predicted octanol–water partition coefficient (Wildman–Crippen LogP) is 3.12. The Kier molecular flexibility index (Phi) is 3.58. The maximum Gasteiger partial charge on any atom is 0.256 e. The monoisotopic (exact) mass is 331 g/mol. The first-order valence-electron chi connectivity index (χ1n) is 7.85. The Bertz CT molecular complexity index is 756. The van der Waals surface area contributed by atoms with Crippen LogP contribution in [0, 0.1) is 5.82 Å². The molecule has 0 saturated heterocycles. The first-order chi connectivity index (χ1) is 11.2. The summed E-state index contributed by atoms with van der Waals surface area (Å²) < 4.78 is 13.1. The van der Waals surface area contributed by atoms with Crippen molar-refractivity contribution >= 4 is 22.2 Å². The number of hydrogen-bond acceptors (Lipinski definition) is 4. The van der Waals surface area contributed by atoms with Gasteiger partial charge in [0.05, 0.1) is 5.56 Å². The molecule has 6 heteroatoms. The van der Waals surface area contributed by atoms with E-state index in [1.807, 2.05) is 0 Å². The predicted molar refractivity (Wildman–Crippen MR) is 89.2 cm³/mol. The number of hydrogen-bond donors (Lipinski definition) is 2. The van der Waals surface area contributed by atoms with Crippen molar-refractivity contribution in [2.45, 2.75) is 26.1 Å². The van der Waals surface area contributed by atoms with Crippen molar-refractivity contribution in [1.82, 2.24) is 10.2 Å². The minimum atomic E-state index is -0.307. The van der Waals surface area contributed by atoms with Crippen LogP contribution in [0.3, 0.4) is 0 Å². The molecule has 2 aromatic rings. The third-order valence-electron chi connectivity index (χ3n) is 4.56. The molecule has 0 radical (unpaired) electrons. The Labute approximate surface area is 138 Å². The number of anilines is 1. The summed E-state index contributed by atoms with van der Waals surface area (Å²) in [5, 5.41) is 7.33. The van der Waals surface area contributed by atoms with Gasteiger partial charge in [0.15, 0.2) is 0 Å². The lowest BCUT2D eigenvalue weighted by atomic mass is 10.0. The Balaban J connectivity index is 1.66. The number of nitrogens with zero attached hydrogens (tertiary/aromatic N) is 1. The molecule has 3 heterocycles. The molecule has 2 aliphatic heterocycles. The van der Waals surface area contributed by atoms with Gasteiger partial charge in [-0.15, -0.1) is 11.3 Å². The molecule has 0 fully saturated rings. The number of benzene rings is 1. The van der Waals surface area contributed by atoms with Crippen molar-refractivity contribution in [2.75, 3.05) is 18.4 Å². The second kappa shape index (κ2) is 5.62. The second-order valence-electron chi connectivity index (χ2n) is 5.93. The van der Waals surface area contributed by atoms with E-state index in [0.717, 1.165) is 42.2 Å². The lowest BCUT2D eigenvalue weighted by molar-refractivity contribution is 0.0934. The van der Waals surface area contributed by atoms with Gasteiger partial charge >= 0.3 is 0 Å². The molecule has 23 heavy (non-hydrogen) atoms. The number of halogens is 1. The van der Waals surface area contributed by atoms with Gasteiger partial charge in [0.2, 0.25) is 0 Å². The first-order valence-corrected chi connectivity index (χ1v) is 8.67. The van der Waals surface area contributed by atoms with E-state index in [0.29, 0.717) is 0 Å². The van der Waals surface area contributed by atoms with Crippen LogP contribution in [-0.4, -0.2) is 23.9 Å². The minimum absolute atomic E-state index is 0.0319. The summed E-state index contributed by atoms with van der Waals surface area (Å²) in [7, 11) is 0. The van der Waals surface area contributed by atoms with Gasteiger partial charge in [-0.3, -0.25) is 9.69 Å². The molecule has 0 saturated carbocycles. The maximum absolute atomic E-state index is 13.1. The summed E-state index contributed by atoms with van der Waals surface area (Å²) >= 11 is 1.67. The molecular formula is C17H18FN3OS. The average Bonchev–Trinajstić information content (AvgIpc) is 2.93. The Hall–Kier alpha value is -1.92. The SMILES string of the molecule is CCN1CCc2c(sc3c2C(=O)NC(c2ccc(F)cc2)N3)C1. The highest BCUT2D eigenvalue weighted by molar-refractivity contribution is 7.16. The van der Waals surface area contributed by atoms with E-state index in [9.17, 15) is 9.18 Å². The topological polar surface area (TPSA) is 44.4 Å². The minimum Gasteiger partial charge on any atom is -0.353 e. The van der Waals surface area contributed by atoms with E-state index >= 15 is 0 Å². The molecule has 4 nitrogen and oxygen atoms in total. The van der Waals surface area contributed by atoms with Crippen LogP contribution in [0.4, 0.5) is 9.39 Å². The number of amides is 1. The number of fused-ring (bicyclic) bond motifs is 3. The van der Waals surface area contributed by atoms with Crippen molar-refractivity contribution in [2.24, 2.45) is 0 Å². The molecule has 1 aromatic heterocycles. The molecule has 4 rings (SSSR count). The molecule has 1 amide bonds.